The van der Waals surface area contributed by atoms with Crippen LogP contribution in [0.25, 0.3) is 11.0 Å². The van der Waals surface area contributed by atoms with Crippen molar-refractivity contribution in [1.82, 2.24) is 19.1 Å². The van der Waals surface area contributed by atoms with E-state index in [2.05, 4.69) is 9.97 Å². The van der Waals surface area contributed by atoms with E-state index in [-0.39, 0.29) is 22.0 Å². The molecule has 2 aromatic rings. The number of hydrogen-bond acceptors (Lipinski definition) is 7. The Bertz CT molecular complexity index is 932. The molecule has 136 valence electrons. The number of nitrogens with zero attached hydrogens (tertiary/aromatic N) is 4. The van der Waals surface area contributed by atoms with Gasteiger partial charge < -0.3 is 9.90 Å². The number of thioether (sulfide) groups is 1. The van der Waals surface area contributed by atoms with E-state index in [9.17, 15) is 19.5 Å². The fourth-order valence-corrected chi connectivity index (χ4v) is 3.43. The minimum absolute atomic E-state index is 0.154. The molecule has 2 heterocycles. The summed E-state index contributed by atoms with van der Waals surface area (Å²) in [7, 11) is 2.90. The molecule has 0 aliphatic carbocycles. The van der Waals surface area contributed by atoms with Crippen molar-refractivity contribution in [2.24, 2.45) is 20.0 Å². The molecular weight excluding hydrogens is 344 g/mol. The first-order valence-electron chi connectivity index (χ1n) is 8.01. The quantitative estimate of drug-likeness (QED) is 0.517. The molecule has 0 unspecified atom stereocenters. The van der Waals surface area contributed by atoms with Gasteiger partial charge in [0, 0.05) is 20.5 Å². The third-order valence-corrected chi connectivity index (χ3v) is 5.12. The van der Waals surface area contributed by atoms with E-state index in [1.54, 1.807) is 6.92 Å². The van der Waals surface area contributed by atoms with Gasteiger partial charge in [-0.3, -0.25) is 13.9 Å². The van der Waals surface area contributed by atoms with Gasteiger partial charge in [0.05, 0.1) is 11.2 Å². The maximum Gasteiger partial charge on any atom is 0.332 e. The minimum Gasteiger partial charge on any atom is -0.549 e. The largest absolute Gasteiger partial charge is 0.549 e. The SMILES string of the molecule is CC[C@@H](Sc1nc(CC(C)C)nc2c1c(=O)n(C)c(=O)n2C)C(=O)[O-]. The van der Waals surface area contributed by atoms with Gasteiger partial charge in [0.15, 0.2) is 5.65 Å². The molecule has 9 heteroatoms. The molecule has 0 aliphatic heterocycles. The summed E-state index contributed by atoms with van der Waals surface area (Å²) in [5, 5.41) is 10.9. The highest BCUT2D eigenvalue weighted by Gasteiger charge is 2.20. The number of aryl methyl sites for hydroxylation is 1. The van der Waals surface area contributed by atoms with E-state index in [0.717, 1.165) is 16.3 Å². The van der Waals surface area contributed by atoms with E-state index < -0.39 is 22.5 Å². The number of carboxylic acid groups (broad SMARTS) is 1. The Labute approximate surface area is 148 Å². The lowest BCUT2D eigenvalue weighted by molar-refractivity contribution is -0.304. The van der Waals surface area contributed by atoms with E-state index in [1.165, 1.54) is 18.7 Å². The van der Waals surface area contributed by atoms with Crippen molar-refractivity contribution in [2.75, 3.05) is 0 Å². The molecule has 0 aromatic carbocycles. The number of hydrogen-bond donors (Lipinski definition) is 0. The summed E-state index contributed by atoms with van der Waals surface area (Å²) in [6.45, 7) is 5.72. The van der Waals surface area contributed by atoms with Crippen LogP contribution < -0.4 is 16.4 Å². The van der Waals surface area contributed by atoms with Crippen molar-refractivity contribution >= 4 is 28.8 Å². The first kappa shape index (κ1) is 19.2. The second-order valence-corrected chi connectivity index (χ2v) is 7.47. The number of fused-ring (bicyclic) bond motifs is 1. The third kappa shape index (κ3) is 3.76. The lowest BCUT2D eigenvalue weighted by Crippen LogP contribution is -2.38. The van der Waals surface area contributed by atoms with Crippen LogP contribution in [0.2, 0.25) is 0 Å². The zero-order chi connectivity index (χ0) is 18.9. The van der Waals surface area contributed by atoms with Gasteiger partial charge >= 0.3 is 5.69 Å². The maximum absolute atomic E-state index is 12.6. The second-order valence-electron chi connectivity index (χ2n) is 6.28. The monoisotopic (exact) mass is 365 g/mol. The summed E-state index contributed by atoms with van der Waals surface area (Å²) in [6, 6.07) is 0. The molecule has 25 heavy (non-hydrogen) atoms. The number of carbonyl (C=O) groups is 1. The Balaban J connectivity index is 2.82. The van der Waals surface area contributed by atoms with Gasteiger partial charge in [-0.05, 0) is 12.3 Å². The summed E-state index contributed by atoms with van der Waals surface area (Å²) in [5.41, 5.74) is -0.811. The van der Waals surface area contributed by atoms with Gasteiger partial charge in [-0.25, -0.2) is 14.8 Å². The summed E-state index contributed by atoms with van der Waals surface area (Å²) in [6.07, 6.45) is 0.874. The smallest absolute Gasteiger partial charge is 0.332 e. The molecule has 0 radical (unpaired) electrons. The van der Waals surface area contributed by atoms with Crippen LogP contribution in [0.5, 0.6) is 0 Å². The first-order valence-corrected chi connectivity index (χ1v) is 8.89. The van der Waals surface area contributed by atoms with Gasteiger partial charge in [-0.1, -0.05) is 32.5 Å². The average molecular weight is 365 g/mol. The summed E-state index contributed by atoms with van der Waals surface area (Å²) < 4.78 is 2.25. The molecule has 0 N–H and O–H groups in total. The highest BCUT2D eigenvalue weighted by molar-refractivity contribution is 8.00. The standard InChI is InChI=1S/C16H22N4O4S/c1-6-9(15(22)23)25-13-11-12(17-10(18-13)7-8(2)3)19(4)16(24)20(5)14(11)21/h8-9H,6-7H2,1-5H3,(H,22,23)/p-1/t9-/m1/s1. The number of carbonyl (C=O) groups excluding carboxylic acids is 1. The molecule has 0 bridgehead atoms. The van der Waals surface area contributed by atoms with E-state index in [0.29, 0.717) is 18.7 Å². The Morgan fingerprint density at radius 3 is 2.36 bits per heavy atom. The molecule has 1 atom stereocenters. The van der Waals surface area contributed by atoms with Crippen LogP contribution in [-0.2, 0) is 25.3 Å². The summed E-state index contributed by atoms with van der Waals surface area (Å²) in [5.74, 6) is -0.477. The van der Waals surface area contributed by atoms with Crippen molar-refractivity contribution in [3.8, 4) is 0 Å². The molecule has 0 amide bonds. The fraction of sp³-hybridized carbons (Fsp3) is 0.562. The van der Waals surface area contributed by atoms with Crippen molar-refractivity contribution < 1.29 is 9.90 Å². The van der Waals surface area contributed by atoms with Crippen molar-refractivity contribution in [3.63, 3.8) is 0 Å². The maximum atomic E-state index is 12.6. The fourth-order valence-electron chi connectivity index (χ4n) is 2.45. The average Bonchev–Trinajstić information content (AvgIpc) is 2.54. The van der Waals surface area contributed by atoms with Gasteiger partial charge in [0.25, 0.3) is 5.56 Å². The topological polar surface area (TPSA) is 110 Å². The Hall–Kier alpha value is -2.16. The Morgan fingerprint density at radius 2 is 1.84 bits per heavy atom. The van der Waals surface area contributed by atoms with Gasteiger partial charge in [0.2, 0.25) is 0 Å². The molecular formula is C16H21N4O4S-. The Kier molecular flexibility index (Phi) is 5.66. The second kappa shape index (κ2) is 7.38. The lowest BCUT2D eigenvalue weighted by atomic mass is 10.1. The molecule has 2 aromatic heterocycles. The van der Waals surface area contributed by atoms with Crippen molar-refractivity contribution in [3.05, 3.63) is 26.7 Å². The molecule has 0 spiro atoms. The van der Waals surface area contributed by atoms with Crippen LogP contribution in [0.15, 0.2) is 14.6 Å². The van der Waals surface area contributed by atoms with E-state index in [1.807, 2.05) is 13.8 Å². The molecule has 0 fully saturated rings. The van der Waals surface area contributed by atoms with E-state index >= 15 is 0 Å². The first-order chi connectivity index (χ1) is 11.7. The lowest BCUT2D eigenvalue weighted by Gasteiger charge is -2.17. The highest BCUT2D eigenvalue weighted by atomic mass is 32.2. The van der Waals surface area contributed by atoms with Gasteiger partial charge in [-0.15, -0.1) is 0 Å². The third-order valence-electron chi connectivity index (χ3n) is 3.79. The molecule has 8 nitrogen and oxygen atoms in total. The number of aliphatic carboxylic acids is 1. The number of aromatic nitrogens is 4. The van der Waals surface area contributed by atoms with E-state index in [4.69, 9.17) is 0 Å². The Morgan fingerprint density at radius 1 is 1.20 bits per heavy atom. The number of carboxylic acids is 1. The molecule has 0 aliphatic rings. The zero-order valence-corrected chi connectivity index (χ0v) is 15.7. The zero-order valence-electron chi connectivity index (χ0n) is 14.9. The molecule has 0 saturated heterocycles. The van der Waals surface area contributed by atoms with Crippen LogP contribution in [0, 0.1) is 5.92 Å². The molecule has 2 rings (SSSR count). The highest BCUT2D eigenvalue weighted by Crippen LogP contribution is 2.28. The van der Waals surface area contributed by atoms with Crippen LogP contribution in [0.4, 0.5) is 0 Å². The predicted octanol–water partition coefficient (Wildman–Crippen LogP) is -0.154. The van der Waals surface area contributed by atoms with Crippen LogP contribution in [-0.4, -0.2) is 30.3 Å². The summed E-state index contributed by atoms with van der Waals surface area (Å²) >= 11 is 0.963. The van der Waals surface area contributed by atoms with Crippen molar-refractivity contribution in [1.29, 1.82) is 0 Å². The van der Waals surface area contributed by atoms with Crippen LogP contribution >= 0.6 is 11.8 Å². The summed E-state index contributed by atoms with van der Waals surface area (Å²) in [4.78, 5) is 44.9. The van der Waals surface area contributed by atoms with Crippen LogP contribution in [0.1, 0.15) is 33.0 Å². The van der Waals surface area contributed by atoms with Gasteiger partial charge in [0.1, 0.15) is 16.2 Å². The predicted molar refractivity (Wildman–Crippen MR) is 93.5 cm³/mol. The van der Waals surface area contributed by atoms with Crippen molar-refractivity contribution in [2.45, 2.75) is 43.9 Å². The normalized spacial score (nSPS) is 12.7. The van der Waals surface area contributed by atoms with Gasteiger partial charge in [-0.2, -0.15) is 0 Å². The van der Waals surface area contributed by atoms with Crippen LogP contribution in [0.3, 0.4) is 0 Å². The number of rotatable bonds is 6. The molecule has 0 saturated carbocycles. The minimum atomic E-state index is -1.22.